The zero-order valence-electron chi connectivity index (χ0n) is 17.7. The van der Waals surface area contributed by atoms with E-state index in [1.54, 1.807) is 6.20 Å². The minimum Gasteiger partial charge on any atom is -0.361 e. The zero-order valence-corrected chi connectivity index (χ0v) is 17.7. The zero-order chi connectivity index (χ0) is 21.5. The molecule has 6 nitrogen and oxygen atoms in total. The number of hydrogen-bond acceptors (Lipinski definition) is 3. The van der Waals surface area contributed by atoms with Crippen molar-refractivity contribution in [2.24, 2.45) is 5.41 Å². The third-order valence-electron chi connectivity index (χ3n) is 6.52. The van der Waals surface area contributed by atoms with E-state index in [9.17, 15) is 14.4 Å². The highest BCUT2D eigenvalue weighted by atomic mass is 16.2. The molecule has 2 N–H and O–H groups in total. The van der Waals surface area contributed by atoms with E-state index >= 15 is 0 Å². The van der Waals surface area contributed by atoms with Crippen LogP contribution in [0.1, 0.15) is 61.4 Å². The second kappa shape index (κ2) is 7.74. The molecule has 6 heteroatoms. The summed E-state index contributed by atoms with van der Waals surface area (Å²) in [6.45, 7) is 9.51. The van der Waals surface area contributed by atoms with Gasteiger partial charge in [0.2, 0.25) is 5.91 Å². The van der Waals surface area contributed by atoms with Gasteiger partial charge in [-0.2, -0.15) is 0 Å². The van der Waals surface area contributed by atoms with Crippen LogP contribution in [0.4, 0.5) is 0 Å². The second-order valence-corrected chi connectivity index (χ2v) is 9.09. The van der Waals surface area contributed by atoms with Crippen LogP contribution in [0.2, 0.25) is 0 Å². The molecule has 4 rings (SSSR count). The maximum absolute atomic E-state index is 13.4. The van der Waals surface area contributed by atoms with Gasteiger partial charge in [0, 0.05) is 48.2 Å². The molecule has 1 saturated carbocycles. The van der Waals surface area contributed by atoms with Crippen LogP contribution in [0, 0.1) is 5.41 Å². The summed E-state index contributed by atoms with van der Waals surface area (Å²) in [5, 5.41) is 3.62. The molecule has 1 aliphatic carbocycles. The summed E-state index contributed by atoms with van der Waals surface area (Å²) in [6, 6.07) is 5.79. The van der Waals surface area contributed by atoms with E-state index < -0.39 is 5.92 Å². The molecule has 2 amide bonds. The first-order valence-electron chi connectivity index (χ1n) is 10.6. The maximum Gasteiger partial charge on any atom is 0.254 e. The fraction of sp³-hybridized carbons (Fsp3) is 0.458. The number of aromatic nitrogens is 1. The van der Waals surface area contributed by atoms with Crippen molar-refractivity contribution in [3.05, 3.63) is 47.7 Å². The number of rotatable bonds is 6. The molecule has 0 radical (unpaired) electrons. The second-order valence-electron chi connectivity index (χ2n) is 9.09. The summed E-state index contributed by atoms with van der Waals surface area (Å²) in [7, 11) is 0. The van der Waals surface area contributed by atoms with Crippen LogP contribution < -0.4 is 5.32 Å². The maximum atomic E-state index is 13.4. The van der Waals surface area contributed by atoms with Crippen molar-refractivity contribution in [3.8, 4) is 0 Å². The fourth-order valence-electron chi connectivity index (χ4n) is 5.34. The van der Waals surface area contributed by atoms with Crippen molar-refractivity contribution in [2.75, 3.05) is 13.1 Å². The number of aromatic amines is 1. The number of carbonyl (C=O) groups is 3. The van der Waals surface area contributed by atoms with Crippen LogP contribution >= 0.6 is 0 Å². The highest BCUT2D eigenvalue weighted by Gasteiger charge is 2.46. The van der Waals surface area contributed by atoms with Gasteiger partial charge in [-0.3, -0.25) is 9.59 Å². The van der Waals surface area contributed by atoms with Gasteiger partial charge in [-0.25, -0.2) is 0 Å². The van der Waals surface area contributed by atoms with Crippen molar-refractivity contribution in [3.63, 3.8) is 0 Å². The SMILES string of the molecule is C=C1CC2CC(C)(C1)CN2C(=O)c1ccc2[nH]cc(C(CC=O)C(=O)NCC)c2c1. The number of carbonyl (C=O) groups excluding carboxylic acids is 3. The van der Waals surface area contributed by atoms with E-state index in [4.69, 9.17) is 0 Å². The summed E-state index contributed by atoms with van der Waals surface area (Å²) >= 11 is 0. The van der Waals surface area contributed by atoms with Gasteiger partial charge < -0.3 is 20.0 Å². The number of likely N-dealkylation sites (tertiary alicyclic amines) is 1. The number of aldehydes is 1. The van der Waals surface area contributed by atoms with E-state index in [0.29, 0.717) is 12.1 Å². The predicted molar refractivity (Wildman–Crippen MR) is 116 cm³/mol. The van der Waals surface area contributed by atoms with Crippen molar-refractivity contribution in [1.29, 1.82) is 0 Å². The van der Waals surface area contributed by atoms with Gasteiger partial charge in [-0.1, -0.05) is 19.1 Å². The molecule has 3 unspecified atom stereocenters. The van der Waals surface area contributed by atoms with Gasteiger partial charge in [0.05, 0.1) is 5.92 Å². The van der Waals surface area contributed by atoms with Crippen molar-refractivity contribution < 1.29 is 14.4 Å². The Kier molecular flexibility index (Phi) is 5.26. The van der Waals surface area contributed by atoms with Crippen LogP contribution in [-0.2, 0) is 9.59 Å². The fourth-order valence-corrected chi connectivity index (χ4v) is 5.34. The first-order chi connectivity index (χ1) is 14.3. The molecule has 0 spiro atoms. The minimum atomic E-state index is -0.574. The van der Waals surface area contributed by atoms with E-state index in [0.717, 1.165) is 48.6 Å². The van der Waals surface area contributed by atoms with Crippen molar-refractivity contribution >= 4 is 29.0 Å². The summed E-state index contributed by atoms with van der Waals surface area (Å²) in [4.78, 5) is 42.3. The Morgan fingerprint density at radius 2 is 2.23 bits per heavy atom. The largest absolute Gasteiger partial charge is 0.361 e. The lowest BCUT2D eigenvalue weighted by Gasteiger charge is -2.28. The van der Waals surface area contributed by atoms with Crippen LogP contribution in [0.3, 0.4) is 0 Å². The molecule has 2 fully saturated rings. The normalized spacial score (nSPS) is 24.1. The standard InChI is InChI=1S/C24H29N3O3/c1-4-25-22(29)18(7-8-28)20-13-26-21-6-5-16(10-19(20)21)23(30)27-14-24(3)11-15(2)9-17(27)12-24/h5-6,8,10,13,17-18,26H,2,4,7,9,11-12,14H2,1,3H3,(H,25,29). The minimum absolute atomic E-state index is 0.0254. The molecular formula is C24H29N3O3. The molecule has 2 heterocycles. The molecular weight excluding hydrogens is 378 g/mol. The number of H-pyrrole nitrogens is 1. The Morgan fingerprint density at radius 3 is 2.97 bits per heavy atom. The summed E-state index contributed by atoms with van der Waals surface area (Å²) in [6.07, 6.45) is 5.52. The molecule has 2 aliphatic rings. The molecule has 1 saturated heterocycles. The Morgan fingerprint density at radius 1 is 1.43 bits per heavy atom. The molecule has 3 atom stereocenters. The molecule has 1 aromatic carbocycles. The first kappa shape index (κ1) is 20.4. The molecule has 1 aromatic heterocycles. The smallest absolute Gasteiger partial charge is 0.254 e. The third-order valence-corrected chi connectivity index (χ3v) is 6.52. The van der Waals surface area contributed by atoms with E-state index in [1.807, 2.05) is 30.0 Å². The van der Waals surface area contributed by atoms with Crippen LogP contribution in [0.15, 0.2) is 36.5 Å². The molecule has 2 bridgehead atoms. The van der Waals surface area contributed by atoms with Crippen molar-refractivity contribution in [2.45, 2.75) is 51.5 Å². The summed E-state index contributed by atoms with van der Waals surface area (Å²) in [5.74, 6) is -0.728. The van der Waals surface area contributed by atoms with Crippen molar-refractivity contribution in [1.82, 2.24) is 15.2 Å². The van der Waals surface area contributed by atoms with E-state index in [-0.39, 0.29) is 29.7 Å². The number of benzene rings is 1. The third kappa shape index (κ3) is 3.55. The van der Waals surface area contributed by atoms with Gasteiger partial charge >= 0.3 is 0 Å². The van der Waals surface area contributed by atoms with Gasteiger partial charge in [-0.15, -0.1) is 0 Å². The number of hydrogen-bond donors (Lipinski definition) is 2. The van der Waals surface area contributed by atoms with Crippen LogP contribution in [0.25, 0.3) is 10.9 Å². The first-order valence-corrected chi connectivity index (χ1v) is 10.6. The van der Waals surface area contributed by atoms with Gasteiger partial charge in [0.15, 0.2) is 0 Å². The Labute approximate surface area is 176 Å². The highest BCUT2D eigenvalue weighted by molar-refractivity contribution is 6.00. The molecule has 158 valence electrons. The lowest BCUT2D eigenvalue weighted by molar-refractivity contribution is -0.124. The number of fused-ring (bicyclic) bond motifs is 3. The average molecular weight is 408 g/mol. The van der Waals surface area contributed by atoms with Gasteiger partial charge in [0.1, 0.15) is 6.29 Å². The topological polar surface area (TPSA) is 82.3 Å². The lowest BCUT2D eigenvalue weighted by atomic mass is 9.75. The number of nitrogens with zero attached hydrogens (tertiary/aromatic N) is 1. The average Bonchev–Trinajstić information content (AvgIpc) is 3.22. The molecule has 1 aliphatic heterocycles. The monoisotopic (exact) mass is 407 g/mol. The molecule has 2 aromatic rings. The number of likely N-dealkylation sites (N-methyl/N-ethyl adjacent to an activating group) is 1. The highest BCUT2D eigenvalue weighted by Crippen LogP contribution is 2.47. The Balaban J connectivity index is 1.67. The Hall–Kier alpha value is -2.89. The number of amides is 2. The van der Waals surface area contributed by atoms with Crippen LogP contribution in [0.5, 0.6) is 0 Å². The van der Waals surface area contributed by atoms with E-state index in [2.05, 4.69) is 23.8 Å². The summed E-state index contributed by atoms with van der Waals surface area (Å²) < 4.78 is 0. The quantitative estimate of drug-likeness (QED) is 0.568. The van der Waals surface area contributed by atoms with Gasteiger partial charge in [-0.05, 0) is 55.4 Å². The summed E-state index contributed by atoms with van der Waals surface area (Å²) in [5.41, 5.74) is 3.56. The Bertz CT molecular complexity index is 1020. The molecule has 30 heavy (non-hydrogen) atoms. The van der Waals surface area contributed by atoms with Crippen LogP contribution in [-0.4, -0.2) is 47.1 Å². The van der Waals surface area contributed by atoms with E-state index in [1.165, 1.54) is 5.57 Å². The lowest BCUT2D eigenvalue weighted by Crippen LogP contribution is -2.35. The number of nitrogens with one attached hydrogen (secondary N) is 2. The predicted octanol–water partition coefficient (Wildman–Crippen LogP) is 3.55. The van der Waals surface area contributed by atoms with Gasteiger partial charge in [0.25, 0.3) is 5.91 Å².